The van der Waals surface area contributed by atoms with E-state index in [0.717, 1.165) is 29.8 Å². The fourth-order valence-electron chi connectivity index (χ4n) is 3.28. The summed E-state index contributed by atoms with van der Waals surface area (Å²) in [7, 11) is 0. The van der Waals surface area contributed by atoms with Crippen LogP contribution in [0.15, 0.2) is 78.9 Å². The number of rotatable bonds is 3. The number of para-hydroxylation sites is 2. The molecule has 5 nitrogen and oxygen atoms in total. The van der Waals surface area contributed by atoms with Gasteiger partial charge in [-0.2, -0.15) is 0 Å². The largest absolute Gasteiger partial charge is 0.457 e. The van der Waals surface area contributed by atoms with Gasteiger partial charge in [-0.05, 0) is 60.9 Å². The number of carbonyl (C=O) groups is 2. The number of benzene rings is 3. The maximum atomic E-state index is 12.7. The second-order valence-electron chi connectivity index (χ2n) is 6.58. The fourth-order valence-corrected chi connectivity index (χ4v) is 3.28. The number of hydrogen-bond acceptors (Lipinski definition) is 3. The van der Waals surface area contributed by atoms with Crippen LogP contribution < -0.4 is 15.0 Å². The van der Waals surface area contributed by atoms with Gasteiger partial charge in [0.15, 0.2) is 0 Å². The van der Waals surface area contributed by atoms with Gasteiger partial charge in [0, 0.05) is 17.9 Å². The summed E-state index contributed by atoms with van der Waals surface area (Å²) in [6, 6.07) is 24.1. The lowest BCUT2D eigenvalue weighted by atomic mass is 10.0. The van der Waals surface area contributed by atoms with Crippen molar-refractivity contribution in [2.45, 2.75) is 12.8 Å². The summed E-state index contributed by atoms with van der Waals surface area (Å²) in [5.41, 5.74) is 2.46. The third-order valence-corrected chi connectivity index (χ3v) is 4.64. The molecule has 3 aromatic rings. The van der Waals surface area contributed by atoms with Crippen LogP contribution in [0.5, 0.6) is 11.5 Å². The van der Waals surface area contributed by atoms with Crippen LogP contribution in [0.4, 0.5) is 11.4 Å². The van der Waals surface area contributed by atoms with E-state index in [1.54, 1.807) is 29.2 Å². The van der Waals surface area contributed by atoms with E-state index in [2.05, 4.69) is 5.32 Å². The third-order valence-electron chi connectivity index (χ3n) is 4.64. The second-order valence-corrected chi connectivity index (χ2v) is 6.58. The highest BCUT2D eigenvalue weighted by molar-refractivity contribution is 6.44. The summed E-state index contributed by atoms with van der Waals surface area (Å²) in [5, 5.41) is 2.68. The van der Waals surface area contributed by atoms with E-state index in [4.69, 9.17) is 4.74 Å². The minimum absolute atomic E-state index is 0.545. The molecule has 0 unspecified atom stereocenters. The van der Waals surface area contributed by atoms with Gasteiger partial charge in [0.05, 0.1) is 0 Å². The molecule has 1 aliphatic rings. The molecule has 0 saturated carbocycles. The molecule has 0 spiro atoms. The summed E-state index contributed by atoms with van der Waals surface area (Å²) in [4.78, 5) is 26.7. The first-order valence-corrected chi connectivity index (χ1v) is 9.24. The maximum Gasteiger partial charge on any atom is 0.316 e. The number of ether oxygens (including phenoxy) is 1. The summed E-state index contributed by atoms with van der Waals surface area (Å²) >= 11 is 0. The molecule has 2 amide bonds. The Labute approximate surface area is 163 Å². The van der Waals surface area contributed by atoms with Crippen LogP contribution in [0.25, 0.3) is 0 Å². The lowest BCUT2D eigenvalue weighted by Crippen LogP contribution is -2.42. The van der Waals surface area contributed by atoms with E-state index < -0.39 is 11.8 Å². The van der Waals surface area contributed by atoms with Crippen molar-refractivity contribution in [2.75, 3.05) is 16.8 Å². The maximum absolute atomic E-state index is 12.7. The fraction of sp³-hybridized carbons (Fsp3) is 0.130. The number of carbonyl (C=O) groups excluding carboxylic acids is 2. The molecule has 3 aromatic carbocycles. The number of hydrogen-bond donors (Lipinski definition) is 1. The third kappa shape index (κ3) is 3.88. The predicted octanol–water partition coefficient (Wildman–Crippen LogP) is 4.40. The van der Waals surface area contributed by atoms with Gasteiger partial charge in [0.25, 0.3) is 0 Å². The highest BCUT2D eigenvalue weighted by Crippen LogP contribution is 2.27. The zero-order valence-electron chi connectivity index (χ0n) is 15.3. The number of nitrogens with zero attached hydrogens (tertiary/aromatic N) is 1. The van der Waals surface area contributed by atoms with Crippen LogP contribution in [-0.2, 0) is 16.0 Å². The molecule has 0 radical (unpaired) electrons. The molecule has 140 valence electrons. The number of fused-ring (bicyclic) bond motifs is 1. The van der Waals surface area contributed by atoms with Gasteiger partial charge in [0.1, 0.15) is 11.5 Å². The second kappa shape index (κ2) is 7.96. The number of nitrogens with one attached hydrogen (secondary N) is 1. The quantitative estimate of drug-likeness (QED) is 0.694. The molecule has 0 bridgehead atoms. The molecule has 4 rings (SSSR count). The molecule has 1 N–H and O–H groups in total. The topological polar surface area (TPSA) is 58.6 Å². The molecule has 0 saturated heterocycles. The molecule has 0 atom stereocenters. The molecule has 1 heterocycles. The molecular weight excluding hydrogens is 352 g/mol. The van der Waals surface area contributed by atoms with Crippen LogP contribution >= 0.6 is 0 Å². The Bertz CT molecular complexity index is 984. The van der Waals surface area contributed by atoms with Crippen molar-refractivity contribution in [3.8, 4) is 11.5 Å². The van der Waals surface area contributed by atoms with Gasteiger partial charge >= 0.3 is 11.8 Å². The Morgan fingerprint density at radius 1 is 0.821 bits per heavy atom. The van der Waals surface area contributed by atoms with Gasteiger partial charge < -0.3 is 15.0 Å². The first-order chi connectivity index (χ1) is 13.7. The van der Waals surface area contributed by atoms with Crippen LogP contribution in [-0.4, -0.2) is 18.4 Å². The average Bonchev–Trinajstić information content (AvgIpc) is 2.75. The van der Waals surface area contributed by atoms with Crippen molar-refractivity contribution in [1.29, 1.82) is 0 Å². The molecule has 0 fully saturated rings. The van der Waals surface area contributed by atoms with Crippen LogP contribution in [0.3, 0.4) is 0 Å². The minimum Gasteiger partial charge on any atom is -0.457 e. The summed E-state index contributed by atoms with van der Waals surface area (Å²) in [6.07, 6.45) is 1.77. The van der Waals surface area contributed by atoms with Crippen LogP contribution in [0, 0.1) is 0 Å². The molecule has 0 aromatic heterocycles. The average molecular weight is 372 g/mol. The molecule has 28 heavy (non-hydrogen) atoms. The Kier molecular flexibility index (Phi) is 5.06. The van der Waals surface area contributed by atoms with E-state index in [-0.39, 0.29) is 0 Å². The number of anilines is 2. The molecule has 0 aliphatic carbocycles. The molecular formula is C23H20N2O3. The van der Waals surface area contributed by atoms with Crippen molar-refractivity contribution in [3.63, 3.8) is 0 Å². The number of aryl methyl sites for hydroxylation is 1. The lowest BCUT2D eigenvalue weighted by molar-refractivity contribution is -0.134. The minimum atomic E-state index is -0.645. The van der Waals surface area contributed by atoms with Gasteiger partial charge in [-0.3, -0.25) is 9.59 Å². The van der Waals surface area contributed by atoms with Crippen LogP contribution in [0.2, 0.25) is 0 Å². The normalized spacial score (nSPS) is 12.8. The SMILES string of the molecule is O=C(Nc1ccc(Oc2ccccc2)cc1)C(=O)N1CCCc2ccccc21. The number of amides is 2. The van der Waals surface area contributed by atoms with E-state index in [1.165, 1.54) is 0 Å². The van der Waals surface area contributed by atoms with E-state index in [1.807, 2.05) is 54.6 Å². The Morgan fingerprint density at radius 2 is 1.50 bits per heavy atom. The highest BCUT2D eigenvalue weighted by Gasteiger charge is 2.27. The zero-order valence-corrected chi connectivity index (χ0v) is 15.3. The first kappa shape index (κ1) is 17.8. The zero-order chi connectivity index (χ0) is 19.3. The van der Waals surface area contributed by atoms with Gasteiger partial charge in [0.2, 0.25) is 0 Å². The van der Waals surface area contributed by atoms with Crippen molar-refractivity contribution in [1.82, 2.24) is 0 Å². The monoisotopic (exact) mass is 372 g/mol. The van der Waals surface area contributed by atoms with Crippen LogP contribution in [0.1, 0.15) is 12.0 Å². The van der Waals surface area contributed by atoms with E-state index in [0.29, 0.717) is 18.0 Å². The van der Waals surface area contributed by atoms with Crippen molar-refractivity contribution in [3.05, 3.63) is 84.4 Å². The summed E-state index contributed by atoms with van der Waals surface area (Å²) in [5.74, 6) is 0.198. The lowest BCUT2D eigenvalue weighted by Gasteiger charge is -2.28. The Morgan fingerprint density at radius 3 is 2.29 bits per heavy atom. The molecule has 5 heteroatoms. The van der Waals surface area contributed by atoms with E-state index in [9.17, 15) is 9.59 Å². The predicted molar refractivity (Wildman–Crippen MR) is 109 cm³/mol. The summed E-state index contributed by atoms with van der Waals surface area (Å²) in [6.45, 7) is 0.549. The van der Waals surface area contributed by atoms with Gasteiger partial charge in [-0.15, -0.1) is 0 Å². The highest BCUT2D eigenvalue weighted by atomic mass is 16.5. The molecule has 1 aliphatic heterocycles. The van der Waals surface area contributed by atoms with Crippen molar-refractivity contribution < 1.29 is 14.3 Å². The van der Waals surface area contributed by atoms with Gasteiger partial charge in [-0.1, -0.05) is 36.4 Å². The smallest absolute Gasteiger partial charge is 0.316 e. The Hall–Kier alpha value is -3.60. The van der Waals surface area contributed by atoms with Crippen molar-refractivity contribution >= 4 is 23.2 Å². The first-order valence-electron chi connectivity index (χ1n) is 9.24. The van der Waals surface area contributed by atoms with Crippen molar-refractivity contribution in [2.24, 2.45) is 0 Å². The standard InChI is InChI=1S/C23H20N2O3/c26-22(23(27)25-16-6-8-17-7-4-5-11-21(17)25)24-18-12-14-20(15-13-18)28-19-9-2-1-3-10-19/h1-5,7,9-15H,6,8,16H2,(H,24,26). The Balaban J connectivity index is 1.42. The van der Waals surface area contributed by atoms with Gasteiger partial charge in [-0.25, -0.2) is 0 Å². The summed E-state index contributed by atoms with van der Waals surface area (Å²) < 4.78 is 5.73. The van der Waals surface area contributed by atoms with E-state index >= 15 is 0 Å².